The van der Waals surface area contributed by atoms with Crippen molar-refractivity contribution in [3.63, 3.8) is 0 Å². The Morgan fingerprint density at radius 1 is 1.10 bits per heavy atom. The molecule has 0 unspecified atom stereocenters. The Kier molecular flexibility index (Phi) is 3.00. The van der Waals surface area contributed by atoms with Gasteiger partial charge in [-0.05, 0) is 42.7 Å². The van der Waals surface area contributed by atoms with Crippen LogP contribution in [-0.4, -0.2) is 6.04 Å². The van der Waals surface area contributed by atoms with E-state index in [1.807, 2.05) is 36.4 Å². The molecule has 0 radical (unpaired) electrons. The SMILES string of the molecule is Fc1cc(CNC2CC2)ccc1-c1cc2ccccc2o1. The number of hydrogen-bond donors (Lipinski definition) is 1. The van der Waals surface area contributed by atoms with Crippen LogP contribution in [0.15, 0.2) is 52.9 Å². The Morgan fingerprint density at radius 3 is 2.71 bits per heavy atom. The lowest BCUT2D eigenvalue weighted by Crippen LogP contribution is -2.15. The smallest absolute Gasteiger partial charge is 0.138 e. The average molecular weight is 281 g/mol. The van der Waals surface area contributed by atoms with E-state index in [-0.39, 0.29) is 5.82 Å². The van der Waals surface area contributed by atoms with E-state index in [0.717, 1.165) is 23.1 Å². The summed E-state index contributed by atoms with van der Waals surface area (Å²) in [7, 11) is 0. The number of para-hydroxylation sites is 1. The van der Waals surface area contributed by atoms with Crippen LogP contribution in [-0.2, 0) is 6.54 Å². The zero-order chi connectivity index (χ0) is 14.2. The maximum atomic E-state index is 14.3. The fraction of sp³-hybridized carbons (Fsp3) is 0.222. The van der Waals surface area contributed by atoms with E-state index in [1.54, 1.807) is 12.1 Å². The van der Waals surface area contributed by atoms with Gasteiger partial charge in [0, 0.05) is 18.0 Å². The largest absolute Gasteiger partial charge is 0.456 e. The van der Waals surface area contributed by atoms with Gasteiger partial charge in [0.05, 0.1) is 5.56 Å². The zero-order valence-electron chi connectivity index (χ0n) is 11.6. The highest BCUT2D eigenvalue weighted by Crippen LogP contribution is 2.30. The lowest BCUT2D eigenvalue weighted by molar-refractivity contribution is 0.598. The van der Waals surface area contributed by atoms with E-state index in [2.05, 4.69) is 5.32 Å². The lowest BCUT2D eigenvalue weighted by atomic mass is 10.1. The second-order valence-electron chi connectivity index (χ2n) is 5.62. The van der Waals surface area contributed by atoms with E-state index in [9.17, 15) is 4.39 Å². The van der Waals surface area contributed by atoms with Crippen molar-refractivity contribution in [2.75, 3.05) is 0 Å². The maximum absolute atomic E-state index is 14.3. The number of benzene rings is 2. The topological polar surface area (TPSA) is 25.2 Å². The van der Waals surface area contributed by atoms with E-state index in [0.29, 0.717) is 17.4 Å². The fourth-order valence-electron chi connectivity index (χ4n) is 2.53. The number of nitrogens with one attached hydrogen (secondary N) is 1. The summed E-state index contributed by atoms with van der Waals surface area (Å²) in [5.74, 6) is 0.347. The number of rotatable bonds is 4. The minimum atomic E-state index is -0.232. The molecule has 1 heterocycles. The second kappa shape index (κ2) is 5.01. The highest BCUT2D eigenvalue weighted by molar-refractivity contribution is 5.82. The minimum Gasteiger partial charge on any atom is -0.456 e. The van der Waals surface area contributed by atoms with Crippen LogP contribution < -0.4 is 5.32 Å². The molecule has 1 aliphatic rings. The van der Waals surface area contributed by atoms with Gasteiger partial charge in [-0.3, -0.25) is 0 Å². The van der Waals surface area contributed by atoms with Crippen LogP contribution >= 0.6 is 0 Å². The molecule has 3 aromatic rings. The van der Waals surface area contributed by atoms with Crippen molar-refractivity contribution >= 4 is 11.0 Å². The van der Waals surface area contributed by atoms with Crippen LogP contribution in [0.25, 0.3) is 22.3 Å². The standard InChI is InChI=1S/C18H16FNO/c19-16-9-12(11-20-14-6-7-14)5-8-15(16)18-10-13-3-1-2-4-17(13)21-18/h1-5,8-10,14,20H,6-7,11H2. The van der Waals surface area contributed by atoms with Gasteiger partial charge in [0.1, 0.15) is 17.2 Å². The highest BCUT2D eigenvalue weighted by atomic mass is 19.1. The Morgan fingerprint density at radius 2 is 1.95 bits per heavy atom. The van der Waals surface area contributed by atoms with Crippen molar-refractivity contribution < 1.29 is 8.81 Å². The van der Waals surface area contributed by atoms with Crippen LogP contribution in [0, 0.1) is 5.82 Å². The van der Waals surface area contributed by atoms with Crippen molar-refractivity contribution in [1.82, 2.24) is 5.32 Å². The first kappa shape index (κ1) is 12.6. The summed E-state index contributed by atoms with van der Waals surface area (Å²) in [4.78, 5) is 0. The molecule has 1 saturated carbocycles. The summed E-state index contributed by atoms with van der Waals surface area (Å²) in [6, 6.07) is 15.6. The van der Waals surface area contributed by atoms with Gasteiger partial charge in [-0.15, -0.1) is 0 Å². The van der Waals surface area contributed by atoms with Gasteiger partial charge in [0.25, 0.3) is 0 Å². The van der Waals surface area contributed by atoms with Crippen molar-refractivity contribution in [2.45, 2.75) is 25.4 Å². The molecule has 1 aliphatic carbocycles. The summed E-state index contributed by atoms with van der Waals surface area (Å²) >= 11 is 0. The molecule has 1 N–H and O–H groups in total. The Hall–Kier alpha value is -2.13. The van der Waals surface area contributed by atoms with Crippen LogP contribution in [0.2, 0.25) is 0 Å². The van der Waals surface area contributed by atoms with Gasteiger partial charge in [-0.25, -0.2) is 4.39 Å². The lowest BCUT2D eigenvalue weighted by Gasteiger charge is -2.05. The van der Waals surface area contributed by atoms with Crippen LogP contribution in [0.4, 0.5) is 4.39 Å². The molecule has 0 amide bonds. The molecule has 1 fully saturated rings. The summed E-state index contributed by atoms with van der Waals surface area (Å²) in [6.07, 6.45) is 2.47. The molecule has 1 aromatic heterocycles. The molecular weight excluding hydrogens is 265 g/mol. The van der Waals surface area contributed by atoms with Crippen molar-refractivity contribution in [2.24, 2.45) is 0 Å². The van der Waals surface area contributed by atoms with E-state index in [4.69, 9.17) is 4.42 Å². The van der Waals surface area contributed by atoms with E-state index in [1.165, 1.54) is 12.8 Å². The average Bonchev–Trinajstić information content (AvgIpc) is 3.22. The van der Waals surface area contributed by atoms with Crippen molar-refractivity contribution in [1.29, 1.82) is 0 Å². The number of fused-ring (bicyclic) bond motifs is 1. The molecule has 4 rings (SSSR count). The van der Waals surface area contributed by atoms with Crippen molar-refractivity contribution in [3.05, 3.63) is 59.9 Å². The van der Waals surface area contributed by atoms with Gasteiger partial charge in [0.15, 0.2) is 0 Å². The third kappa shape index (κ3) is 2.57. The van der Waals surface area contributed by atoms with Crippen LogP contribution in [0.1, 0.15) is 18.4 Å². The highest BCUT2D eigenvalue weighted by Gasteiger charge is 2.20. The van der Waals surface area contributed by atoms with Gasteiger partial charge >= 0.3 is 0 Å². The quantitative estimate of drug-likeness (QED) is 0.762. The van der Waals surface area contributed by atoms with Crippen molar-refractivity contribution in [3.8, 4) is 11.3 Å². The third-order valence-electron chi connectivity index (χ3n) is 3.90. The Labute approximate surface area is 122 Å². The summed E-state index contributed by atoms with van der Waals surface area (Å²) in [5.41, 5.74) is 2.27. The predicted molar refractivity (Wildman–Crippen MR) is 81.5 cm³/mol. The molecule has 2 nitrogen and oxygen atoms in total. The molecule has 0 aliphatic heterocycles. The summed E-state index contributed by atoms with van der Waals surface area (Å²) < 4.78 is 20.0. The molecule has 106 valence electrons. The predicted octanol–water partition coefficient (Wildman–Crippen LogP) is 4.49. The van der Waals surface area contributed by atoms with Gasteiger partial charge in [-0.2, -0.15) is 0 Å². The fourth-order valence-corrected chi connectivity index (χ4v) is 2.53. The molecule has 0 spiro atoms. The maximum Gasteiger partial charge on any atom is 0.138 e. The first-order valence-corrected chi connectivity index (χ1v) is 7.30. The first-order valence-electron chi connectivity index (χ1n) is 7.30. The zero-order valence-corrected chi connectivity index (χ0v) is 11.6. The molecule has 21 heavy (non-hydrogen) atoms. The van der Waals surface area contributed by atoms with Crippen LogP contribution in [0.3, 0.4) is 0 Å². The van der Waals surface area contributed by atoms with E-state index >= 15 is 0 Å². The molecule has 3 heteroatoms. The molecule has 0 saturated heterocycles. The van der Waals surface area contributed by atoms with Gasteiger partial charge < -0.3 is 9.73 Å². The van der Waals surface area contributed by atoms with Gasteiger partial charge in [-0.1, -0.05) is 24.3 Å². The second-order valence-corrected chi connectivity index (χ2v) is 5.62. The Bertz CT molecular complexity index is 756. The van der Waals surface area contributed by atoms with Gasteiger partial charge in [0.2, 0.25) is 0 Å². The molecule has 0 bridgehead atoms. The normalized spacial score (nSPS) is 14.7. The number of halogens is 1. The molecule has 0 atom stereocenters. The third-order valence-corrected chi connectivity index (χ3v) is 3.90. The van der Waals surface area contributed by atoms with E-state index < -0.39 is 0 Å². The summed E-state index contributed by atoms with van der Waals surface area (Å²) in [5, 5.41) is 4.38. The molecule has 2 aromatic carbocycles. The summed E-state index contributed by atoms with van der Waals surface area (Å²) in [6.45, 7) is 0.724. The number of furan rings is 1. The minimum absolute atomic E-state index is 0.232. The Balaban J connectivity index is 1.64. The first-order chi connectivity index (χ1) is 10.3. The molecular formula is C18H16FNO. The monoisotopic (exact) mass is 281 g/mol. The van der Waals surface area contributed by atoms with Crippen LogP contribution in [0.5, 0.6) is 0 Å². The number of hydrogen-bond acceptors (Lipinski definition) is 2.